The van der Waals surface area contributed by atoms with Crippen LogP contribution < -0.4 is 15.5 Å². The predicted octanol–water partition coefficient (Wildman–Crippen LogP) is 2.14. The van der Waals surface area contributed by atoms with Gasteiger partial charge in [-0.25, -0.2) is 9.18 Å². The van der Waals surface area contributed by atoms with Crippen LogP contribution in [0.1, 0.15) is 11.6 Å². The van der Waals surface area contributed by atoms with Crippen molar-refractivity contribution >= 4 is 17.6 Å². The van der Waals surface area contributed by atoms with Crippen LogP contribution in [0.2, 0.25) is 0 Å². The van der Waals surface area contributed by atoms with Crippen molar-refractivity contribution in [3.05, 3.63) is 66.0 Å². The monoisotopic (exact) mass is 370 g/mol. The van der Waals surface area contributed by atoms with Gasteiger partial charge in [0.2, 0.25) is 5.91 Å². The second kappa shape index (κ2) is 8.64. The molecule has 1 fully saturated rings. The maximum atomic E-state index is 13.1. The number of imide groups is 1. The second-order valence-corrected chi connectivity index (χ2v) is 6.38. The molecule has 0 aliphatic carbocycles. The number of halogens is 1. The van der Waals surface area contributed by atoms with E-state index in [1.54, 1.807) is 12.1 Å². The summed E-state index contributed by atoms with van der Waals surface area (Å²) in [6, 6.07) is 14.8. The second-order valence-electron chi connectivity index (χ2n) is 6.38. The van der Waals surface area contributed by atoms with Crippen LogP contribution >= 0.6 is 0 Å². The third kappa shape index (κ3) is 4.62. The molecule has 7 heteroatoms. The van der Waals surface area contributed by atoms with Gasteiger partial charge in [-0.1, -0.05) is 30.3 Å². The Hall–Kier alpha value is -2.93. The summed E-state index contributed by atoms with van der Waals surface area (Å²) in [5.74, 6) is -0.608. The molecule has 0 saturated carbocycles. The third-order valence-electron chi connectivity index (χ3n) is 4.70. The van der Waals surface area contributed by atoms with Gasteiger partial charge in [0, 0.05) is 38.9 Å². The van der Waals surface area contributed by atoms with E-state index in [-0.39, 0.29) is 11.7 Å². The first-order valence-electron chi connectivity index (χ1n) is 8.90. The van der Waals surface area contributed by atoms with Crippen molar-refractivity contribution in [1.82, 2.24) is 15.5 Å². The Morgan fingerprint density at radius 3 is 2.19 bits per heavy atom. The van der Waals surface area contributed by atoms with Crippen molar-refractivity contribution in [2.45, 2.75) is 6.04 Å². The largest absolute Gasteiger partial charge is 0.369 e. The quantitative estimate of drug-likeness (QED) is 0.866. The molecule has 0 radical (unpaired) electrons. The van der Waals surface area contributed by atoms with Gasteiger partial charge in [0.15, 0.2) is 0 Å². The number of nitrogens with one attached hydrogen (secondary N) is 2. The van der Waals surface area contributed by atoms with E-state index in [1.165, 1.54) is 19.2 Å². The van der Waals surface area contributed by atoms with Crippen LogP contribution in [-0.2, 0) is 4.79 Å². The van der Waals surface area contributed by atoms with E-state index in [9.17, 15) is 14.0 Å². The van der Waals surface area contributed by atoms with Gasteiger partial charge in [-0.05, 0) is 29.8 Å². The molecule has 1 saturated heterocycles. The SMILES string of the molecule is CNC(=O)NC(=O)C(c1ccccc1)N1CCN(c2ccc(F)cc2)CC1. The Morgan fingerprint density at radius 1 is 0.963 bits per heavy atom. The molecule has 2 aromatic rings. The van der Waals surface area contributed by atoms with Crippen LogP contribution in [0.25, 0.3) is 0 Å². The highest BCUT2D eigenvalue weighted by atomic mass is 19.1. The first-order valence-corrected chi connectivity index (χ1v) is 8.90. The zero-order chi connectivity index (χ0) is 19.2. The zero-order valence-electron chi connectivity index (χ0n) is 15.2. The minimum atomic E-state index is -0.543. The highest BCUT2D eigenvalue weighted by molar-refractivity contribution is 5.97. The minimum absolute atomic E-state index is 0.257. The molecule has 1 atom stereocenters. The van der Waals surface area contributed by atoms with Crippen molar-refractivity contribution < 1.29 is 14.0 Å². The Labute approximate surface area is 158 Å². The molecule has 2 aromatic carbocycles. The molecular weight excluding hydrogens is 347 g/mol. The van der Waals surface area contributed by atoms with E-state index in [2.05, 4.69) is 20.4 Å². The topological polar surface area (TPSA) is 64.7 Å². The summed E-state index contributed by atoms with van der Waals surface area (Å²) >= 11 is 0. The van der Waals surface area contributed by atoms with Crippen molar-refractivity contribution in [3.8, 4) is 0 Å². The third-order valence-corrected chi connectivity index (χ3v) is 4.70. The van der Waals surface area contributed by atoms with Gasteiger partial charge in [0.1, 0.15) is 11.9 Å². The van der Waals surface area contributed by atoms with Crippen LogP contribution in [0.4, 0.5) is 14.9 Å². The summed E-state index contributed by atoms with van der Waals surface area (Å²) in [5.41, 5.74) is 1.80. The van der Waals surface area contributed by atoms with Crippen molar-refractivity contribution in [2.75, 3.05) is 38.1 Å². The number of carbonyl (C=O) groups excluding carboxylic acids is 2. The summed E-state index contributed by atoms with van der Waals surface area (Å²) in [6.45, 7) is 2.72. The molecule has 3 rings (SSSR count). The molecule has 2 N–H and O–H groups in total. The fraction of sp³-hybridized carbons (Fsp3) is 0.300. The number of anilines is 1. The number of carbonyl (C=O) groups is 2. The summed E-state index contributed by atoms with van der Waals surface area (Å²) in [7, 11) is 1.47. The molecule has 3 amide bonds. The van der Waals surface area contributed by atoms with E-state index >= 15 is 0 Å². The number of rotatable bonds is 4. The number of hydrogen-bond acceptors (Lipinski definition) is 4. The summed E-state index contributed by atoms with van der Waals surface area (Å²) in [6.07, 6.45) is 0. The van der Waals surface area contributed by atoms with Crippen LogP contribution in [0.5, 0.6) is 0 Å². The van der Waals surface area contributed by atoms with E-state index < -0.39 is 12.1 Å². The highest BCUT2D eigenvalue weighted by Crippen LogP contribution is 2.24. The van der Waals surface area contributed by atoms with E-state index in [1.807, 2.05) is 30.3 Å². The maximum absolute atomic E-state index is 13.1. The van der Waals surface area contributed by atoms with Crippen LogP contribution in [0.3, 0.4) is 0 Å². The van der Waals surface area contributed by atoms with Gasteiger partial charge in [-0.3, -0.25) is 15.0 Å². The number of nitrogens with zero attached hydrogens (tertiary/aromatic N) is 2. The lowest BCUT2D eigenvalue weighted by atomic mass is 10.0. The molecule has 0 bridgehead atoms. The number of hydrogen-bond donors (Lipinski definition) is 2. The van der Waals surface area contributed by atoms with E-state index in [0.717, 1.165) is 11.3 Å². The Kier molecular flexibility index (Phi) is 6.03. The first kappa shape index (κ1) is 18.8. The molecule has 142 valence electrons. The fourth-order valence-electron chi connectivity index (χ4n) is 3.30. The molecule has 1 unspecified atom stereocenters. The molecular formula is C20H23FN4O2. The average molecular weight is 370 g/mol. The highest BCUT2D eigenvalue weighted by Gasteiger charge is 2.31. The smallest absolute Gasteiger partial charge is 0.321 e. The van der Waals surface area contributed by atoms with Crippen LogP contribution in [0.15, 0.2) is 54.6 Å². The normalized spacial score (nSPS) is 15.9. The first-order chi connectivity index (χ1) is 13.1. The summed E-state index contributed by atoms with van der Waals surface area (Å²) < 4.78 is 13.1. The molecule has 0 aromatic heterocycles. The number of piperazine rings is 1. The van der Waals surface area contributed by atoms with Crippen molar-refractivity contribution in [3.63, 3.8) is 0 Å². The number of urea groups is 1. The van der Waals surface area contributed by atoms with Gasteiger partial charge in [-0.15, -0.1) is 0 Å². The van der Waals surface area contributed by atoms with Crippen LogP contribution in [0, 0.1) is 5.82 Å². The maximum Gasteiger partial charge on any atom is 0.321 e. The average Bonchev–Trinajstić information content (AvgIpc) is 2.70. The summed E-state index contributed by atoms with van der Waals surface area (Å²) in [5, 5.41) is 4.80. The van der Waals surface area contributed by atoms with Gasteiger partial charge < -0.3 is 10.2 Å². The fourth-order valence-corrected chi connectivity index (χ4v) is 3.30. The molecule has 1 aliphatic rings. The van der Waals surface area contributed by atoms with Gasteiger partial charge in [0.05, 0.1) is 0 Å². The van der Waals surface area contributed by atoms with E-state index in [4.69, 9.17) is 0 Å². The summed E-state index contributed by atoms with van der Waals surface area (Å²) in [4.78, 5) is 28.6. The van der Waals surface area contributed by atoms with E-state index in [0.29, 0.717) is 26.2 Å². The van der Waals surface area contributed by atoms with Gasteiger partial charge >= 0.3 is 6.03 Å². The van der Waals surface area contributed by atoms with Crippen LogP contribution in [-0.4, -0.2) is 50.1 Å². The van der Waals surface area contributed by atoms with Gasteiger partial charge in [0.25, 0.3) is 0 Å². The molecule has 6 nitrogen and oxygen atoms in total. The standard InChI is InChI=1S/C20H23FN4O2/c1-22-20(27)23-19(26)18(15-5-3-2-4-6-15)25-13-11-24(12-14-25)17-9-7-16(21)8-10-17/h2-10,18H,11-14H2,1H3,(H2,22,23,26,27). The molecule has 27 heavy (non-hydrogen) atoms. The number of amides is 3. The lowest BCUT2D eigenvalue weighted by Crippen LogP contribution is -2.52. The predicted molar refractivity (Wildman–Crippen MR) is 102 cm³/mol. The molecule has 1 aliphatic heterocycles. The zero-order valence-corrected chi connectivity index (χ0v) is 15.2. The minimum Gasteiger partial charge on any atom is -0.369 e. The van der Waals surface area contributed by atoms with Crippen molar-refractivity contribution in [2.24, 2.45) is 0 Å². The molecule has 0 spiro atoms. The Bertz CT molecular complexity index is 774. The lowest BCUT2D eigenvalue weighted by Gasteiger charge is -2.39. The lowest BCUT2D eigenvalue weighted by molar-refractivity contribution is -0.125. The Morgan fingerprint density at radius 2 is 1.59 bits per heavy atom. The number of benzene rings is 2. The van der Waals surface area contributed by atoms with Gasteiger partial charge in [-0.2, -0.15) is 0 Å². The Balaban J connectivity index is 1.73. The molecule has 1 heterocycles. The van der Waals surface area contributed by atoms with Crippen molar-refractivity contribution in [1.29, 1.82) is 0 Å².